The molecule has 2 aromatic heterocycles. The first-order chi connectivity index (χ1) is 13.6. The zero-order valence-electron chi connectivity index (χ0n) is 16.1. The topological polar surface area (TPSA) is 80.0 Å². The number of amides is 1. The van der Waals surface area contributed by atoms with Gasteiger partial charge in [-0.15, -0.1) is 0 Å². The second kappa shape index (κ2) is 8.61. The molecule has 2 heterocycles. The van der Waals surface area contributed by atoms with Crippen molar-refractivity contribution in [3.63, 3.8) is 0 Å². The van der Waals surface area contributed by atoms with Gasteiger partial charge in [-0.05, 0) is 51.5 Å². The van der Waals surface area contributed by atoms with Crippen molar-refractivity contribution in [1.82, 2.24) is 15.5 Å². The van der Waals surface area contributed by atoms with Crippen molar-refractivity contribution in [3.8, 4) is 0 Å². The minimum atomic E-state index is -4.59. The molecule has 0 spiro atoms. The summed E-state index contributed by atoms with van der Waals surface area (Å²) in [6.45, 7) is 4.55. The summed E-state index contributed by atoms with van der Waals surface area (Å²) in [5.41, 5.74) is 0.570. The smallest absolute Gasteiger partial charge is 0.354 e. The number of rotatable bonds is 5. The first-order valence-corrected chi connectivity index (χ1v) is 9.73. The lowest BCUT2D eigenvalue weighted by atomic mass is 9.86. The fourth-order valence-corrected chi connectivity index (χ4v) is 3.54. The van der Waals surface area contributed by atoms with Crippen molar-refractivity contribution >= 4 is 23.4 Å². The molecule has 2 aromatic rings. The van der Waals surface area contributed by atoms with E-state index in [9.17, 15) is 18.0 Å². The SMILES string of the molecule is Cc1noc(NC[C@H]2CC[C@H](NC(=O)c3cc(C(F)(F)F)cnc3Cl)CC2)c1C. The van der Waals surface area contributed by atoms with Crippen LogP contribution in [0.15, 0.2) is 16.8 Å². The molecule has 3 rings (SSSR count). The highest BCUT2D eigenvalue weighted by molar-refractivity contribution is 6.32. The second-order valence-corrected chi connectivity index (χ2v) is 7.71. The van der Waals surface area contributed by atoms with E-state index in [-0.39, 0.29) is 16.8 Å². The third-order valence-electron chi connectivity index (χ3n) is 5.30. The van der Waals surface area contributed by atoms with Gasteiger partial charge in [-0.25, -0.2) is 4.98 Å². The van der Waals surface area contributed by atoms with E-state index in [1.165, 1.54) is 0 Å². The van der Waals surface area contributed by atoms with Gasteiger partial charge in [0.1, 0.15) is 5.15 Å². The Morgan fingerprint density at radius 3 is 2.55 bits per heavy atom. The number of halogens is 4. The predicted molar refractivity (Wildman–Crippen MR) is 102 cm³/mol. The summed E-state index contributed by atoms with van der Waals surface area (Å²) < 4.78 is 43.8. The number of alkyl halides is 3. The van der Waals surface area contributed by atoms with E-state index in [0.717, 1.165) is 49.6 Å². The maximum absolute atomic E-state index is 12.9. The fraction of sp³-hybridized carbons (Fsp3) is 0.526. The molecule has 0 unspecified atom stereocenters. The van der Waals surface area contributed by atoms with Crippen LogP contribution >= 0.6 is 11.6 Å². The molecule has 0 saturated heterocycles. The lowest BCUT2D eigenvalue weighted by Crippen LogP contribution is -2.38. The predicted octanol–water partition coefficient (Wildman–Crippen LogP) is 4.76. The normalized spacial score (nSPS) is 19.8. The molecule has 1 fully saturated rings. The number of aromatic nitrogens is 2. The van der Waals surface area contributed by atoms with Gasteiger partial charge in [-0.1, -0.05) is 16.8 Å². The number of aryl methyl sites for hydroxylation is 1. The maximum Gasteiger partial charge on any atom is 0.417 e. The summed E-state index contributed by atoms with van der Waals surface area (Å²) in [4.78, 5) is 15.9. The molecule has 0 radical (unpaired) electrons. The van der Waals surface area contributed by atoms with Crippen molar-refractivity contribution in [3.05, 3.63) is 39.8 Å². The Kier molecular flexibility index (Phi) is 6.36. The molecule has 1 aliphatic carbocycles. The van der Waals surface area contributed by atoms with Crippen LogP contribution in [-0.2, 0) is 6.18 Å². The highest BCUT2D eigenvalue weighted by Gasteiger charge is 2.33. The lowest BCUT2D eigenvalue weighted by molar-refractivity contribution is -0.137. The highest BCUT2D eigenvalue weighted by Crippen LogP contribution is 2.31. The van der Waals surface area contributed by atoms with E-state index in [2.05, 4.69) is 20.8 Å². The number of nitrogens with zero attached hydrogens (tertiary/aromatic N) is 2. The third-order valence-corrected chi connectivity index (χ3v) is 5.60. The molecule has 10 heteroatoms. The molecular weight excluding hydrogens is 409 g/mol. The van der Waals surface area contributed by atoms with Crippen LogP contribution in [0.4, 0.5) is 19.1 Å². The van der Waals surface area contributed by atoms with Crippen LogP contribution in [0.25, 0.3) is 0 Å². The van der Waals surface area contributed by atoms with Crippen molar-refractivity contribution in [2.45, 2.75) is 51.7 Å². The van der Waals surface area contributed by atoms with Crippen molar-refractivity contribution in [2.75, 3.05) is 11.9 Å². The molecule has 1 aliphatic rings. The van der Waals surface area contributed by atoms with E-state index in [0.29, 0.717) is 18.0 Å². The summed E-state index contributed by atoms with van der Waals surface area (Å²) in [7, 11) is 0. The van der Waals surface area contributed by atoms with Crippen molar-refractivity contribution < 1.29 is 22.5 Å². The summed E-state index contributed by atoms with van der Waals surface area (Å²) in [6.07, 6.45) is -0.752. The standard InChI is InChI=1S/C19H22ClF3N4O2/c1-10-11(2)27-29-18(10)25-8-12-3-5-14(6-4-12)26-17(28)15-7-13(19(21,22)23)9-24-16(15)20/h7,9,12,14,25H,3-6,8H2,1-2H3,(H,26,28)/t12-,14-. The first-order valence-electron chi connectivity index (χ1n) is 9.35. The Morgan fingerprint density at radius 2 is 1.97 bits per heavy atom. The summed E-state index contributed by atoms with van der Waals surface area (Å²) in [5.74, 6) is 0.444. The molecule has 1 saturated carbocycles. The third kappa shape index (κ3) is 5.20. The van der Waals surface area contributed by atoms with E-state index >= 15 is 0 Å². The van der Waals surface area contributed by atoms with Gasteiger partial charge in [0.15, 0.2) is 0 Å². The number of hydrogen-bond donors (Lipinski definition) is 2. The van der Waals surface area contributed by atoms with Crippen molar-refractivity contribution in [1.29, 1.82) is 0 Å². The molecular formula is C19H22ClF3N4O2. The summed E-state index contributed by atoms with van der Waals surface area (Å²) in [5, 5.41) is 9.71. The average molecular weight is 431 g/mol. The van der Waals surface area contributed by atoms with Crippen LogP contribution in [-0.4, -0.2) is 28.6 Å². The molecule has 2 N–H and O–H groups in total. The number of carbonyl (C=O) groups excluding carboxylic acids is 1. The number of pyridine rings is 1. The van der Waals surface area contributed by atoms with Gasteiger partial charge in [0.2, 0.25) is 5.88 Å². The number of anilines is 1. The Balaban J connectivity index is 1.52. The number of hydrogen-bond acceptors (Lipinski definition) is 5. The van der Waals surface area contributed by atoms with Gasteiger partial charge in [0, 0.05) is 24.3 Å². The van der Waals surface area contributed by atoms with Crippen LogP contribution in [0.1, 0.15) is 52.9 Å². The quantitative estimate of drug-likeness (QED) is 0.668. The van der Waals surface area contributed by atoms with E-state index in [1.807, 2.05) is 13.8 Å². The van der Waals surface area contributed by atoms with Crippen LogP contribution < -0.4 is 10.6 Å². The monoisotopic (exact) mass is 430 g/mol. The van der Waals surface area contributed by atoms with Gasteiger partial charge in [-0.3, -0.25) is 4.79 Å². The molecule has 0 aliphatic heterocycles. The van der Waals surface area contributed by atoms with Gasteiger partial charge in [0.05, 0.1) is 16.8 Å². The van der Waals surface area contributed by atoms with Crippen LogP contribution in [0.3, 0.4) is 0 Å². The van der Waals surface area contributed by atoms with Gasteiger partial charge >= 0.3 is 6.18 Å². The lowest BCUT2D eigenvalue weighted by Gasteiger charge is -2.29. The molecule has 6 nitrogen and oxygen atoms in total. The first kappa shape index (κ1) is 21.4. The Labute approximate surface area is 171 Å². The average Bonchev–Trinajstić information content (AvgIpc) is 2.99. The molecule has 29 heavy (non-hydrogen) atoms. The molecule has 158 valence electrons. The Bertz CT molecular complexity index is 877. The number of nitrogens with one attached hydrogen (secondary N) is 2. The maximum atomic E-state index is 12.9. The number of carbonyl (C=O) groups is 1. The summed E-state index contributed by atoms with van der Waals surface area (Å²) in [6, 6.07) is 0.626. The van der Waals surface area contributed by atoms with E-state index in [4.69, 9.17) is 16.1 Å². The zero-order chi connectivity index (χ0) is 21.2. The minimum absolute atomic E-state index is 0.112. The molecule has 1 amide bonds. The largest absolute Gasteiger partial charge is 0.417 e. The Morgan fingerprint density at radius 1 is 1.28 bits per heavy atom. The van der Waals surface area contributed by atoms with Gasteiger partial charge in [0.25, 0.3) is 5.91 Å². The van der Waals surface area contributed by atoms with Crippen molar-refractivity contribution in [2.24, 2.45) is 5.92 Å². The summed E-state index contributed by atoms with van der Waals surface area (Å²) >= 11 is 5.83. The fourth-order valence-electron chi connectivity index (χ4n) is 3.35. The molecule has 0 bridgehead atoms. The van der Waals surface area contributed by atoms with Gasteiger partial charge < -0.3 is 15.2 Å². The van der Waals surface area contributed by atoms with Crippen LogP contribution in [0.2, 0.25) is 5.15 Å². The highest BCUT2D eigenvalue weighted by atomic mass is 35.5. The molecule has 0 atom stereocenters. The van der Waals surface area contributed by atoms with Crippen LogP contribution in [0, 0.1) is 19.8 Å². The van der Waals surface area contributed by atoms with Crippen LogP contribution in [0.5, 0.6) is 0 Å². The van der Waals surface area contributed by atoms with E-state index in [1.54, 1.807) is 0 Å². The minimum Gasteiger partial charge on any atom is -0.354 e. The van der Waals surface area contributed by atoms with E-state index < -0.39 is 17.6 Å². The van der Waals surface area contributed by atoms with Gasteiger partial charge in [-0.2, -0.15) is 13.2 Å². The Hall–Kier alpha value is -2.29. The zero-order valence-corrected chi connectivity index (χ0v) is 16.8. The second-order valence-electron chi connectivity index (χ2n) is 7.35. The molecule has 0 aromatic carbocycles.